The fraction of sp³-hybridized carbons (Fsp3) is 1.00. The molecule has 1 atom stereocenters. The molecule has 0 rings (SSSR count). The van der Waals surface area contributed by atoms with E-state index in [1.807, 2.05) is 14.1 Å². The molecule has 2 N–H and O–H groups in total. The van der Waals surface area contributed by atoms with Crippen molar-refractivity contribution in [3.05, 3.63) is 0 Å². The van der Waals surface area contributed by atoms with Crippen LogP contribution in [0.3, 0.4) is 0 Å². The summed E-state index contributed by atoms with van der Waals surface area (Å²) in [7, 11) is 3.75. The van der Waals surface area contributed by atoms with Gasteiger partial charge >= 0.3 is 0 Å². The molecule has 25 heavy (non-hydrogen) atoms. The van der Waals surface area contributed by atoms with E-state index < -0.39 is 0 Å². The Balaban J connectivity index is 0. The molecule has 2 heteroatoms. The Bertz CT molecular complexity index is 208. The summed E-state index contributed by atoms with van der Waals surface area (Å²) in [6.07, 6.45) is 24.5. The second-order valence-electron chi connectivity index (χ2n) is 7.65. The van der Waals surface area contributed by atoms with Gasteiger partial charge in [0.15, 0.2) is 0 Å². The van der Waals surface area contributed by atoms with Crippen molar-refractivity contribution in [2.45, 2.75) is 136 Å². The lowest BCUT2D eigenvalue weighted by Crippen LogP contribution is -2.03. The van der Waals surface area contributed by atoms with Gasteiger partial charge in [-0.2, -0.15) is 0 Å². The third kappa shape index (κ3) is 29.0. The summed E-state index contributed by atoms with van der Waals surface area (Å²) in [4.78, 5) is 0. The standard InChI is InChI=1S/C21H44O.C2H7N/c1-3-5-6-7-8-9-10-11-12-13-14-15-16-17-18-19-20-21(22)4-2;1-3-2/h21-22H,3-20H2,1-2H3;3H,1-2H3. The molecule has 0 aliphatic heterocycles. The van der Waals surface area contributed by atoms with Crippen molar-refractivity contribution in [1.82, 2.24) is 5.32 Å². The highest BCUT2D eigenvalue weighted by molar-refractivity contribution is 4.54. The molecule has 0 spiro atoms. The smallest absolute Gasteiger partial charge is 0.0537 e. The van der Waals surface area contributed by atoms with Crippen LogP contribution in [0.4, 0.5) is 0 Å². The van der Waals surface area contributed by atoms with E-state index in [9.17, 15) is 5.11 Å². The van der Waals surface area contributed by atoms with Gasteiger partial charge in [0.05, 0.1) is 6.10 Å². The van der Waals surface area contributed by atoms with Gasteiger partial charge in [-0.05, 0) is 26.9 Å². The predicted octanol–water partition coefficient (Wildman–Crippen LogP) is 7.24. The van der Waals surface area contributed by atoms with E-state index in [-0.39, 0.29) is 6.10 Å². The number of nitrogens with one attached hydrogen (secondary N) is 1. The highest BCUT2D eigenvalue weighted by atomic mass is 16.3. The molecule has 2 nitrogen and oxygen atoms in total. The summed E-state index contributed by atoms with van der Waals surface area (Å²) < 4.78 is 0. The Morgan fingerprint density at radius 1 is 0.560 bits per heavy atom. The van der Waals surface area contributed by atoms with Crippen LogP contribution >= 0.6 is 0 Å². The summed E-state index contributed by atoms with van der Waals surface area (Å²) in [5.41, 5.74) is 0. The molecule has 0 bridgehead atoms. The molecule has 0 saturated carbocycles. The molecular weight excluding hydrogens is 306 g/mol. The molecule has 0 radical (unpaired) electrons. The van der Waals surface area contributed by atoms with E-state index in [1.165, 1.54) is 103 Å². The summed E-state index contributed by atoms with van der Waals surface area (Å²) in [6, 6.07) is 0. The molecule has 0 aliphatic carbocycles. The largest absolute Gasteiger partial charge is 0.393 e. The topological polar surface area (TPSA) is 32.3 Å². The van der Waals surface area contributed by atoms with Gasteiger partial charge < -0.3 is 10.4 Å². The highest BCUT2D eigenvalue weighted by Gasteiger charge is 1.99. The maximum absolute atomic E-state index is 9.47. The minimum Gasteiger partial charge on any atom is -0.393 e. The lowest BCUT2D eigenvalue weighted by molar-refractivity contribution is 0.156. The summed E-state index contributed by atoms with van der Waals surface area (Å²) in [6.45, 7) is 4.36. The lowest BCUT2D eigenvalue weighted by Gasteiger charge is -2.06. The first-order valence-electron chi connectivity index (χ1n) is 11.5. The second kappa shape index (κ2) is 26.2. The zero-order valence-electron chi connectivity index (χ0n) is 18.3. The van der Waals surface area contributed by atoms with Crippen LogP contribution in [-0.2, 0) is 0 Å². The van der Waals surface area contributed by atoms with Crippen LogP contribution in [0.1, 0.15) is 129 Å². The molecule has 0 aromatic rings. The number of aliphatic hydroxyl groups is 1. The molecule has 1 unspecified atom stereocenters. The molecular formula is C23H51NO. The third-order valence-electron chi connectivity index (χ3n) is 4.86. The maximum Gasteiger partial charge on any atom is 0.0537 e. The predicted molar refractivity (Wildman–Crippen MR) is 115 cm³/mol. The number of aliphatic hydroxyl groups excluding tert-OH is 1. The number of hydrogen-bond donors (Lipinski definition) is 2. The van der Waals surface area contributed by atoms with Crippen LogP contribution in [0.25, 0.3) is 0 Å². The van der Waals surface area contributed by atoms with Crippen LogP contribution in [0.2, 0.25) is 0 Å². The number of rotatable bonds is 18. The van der Waals surface area contributed by atoms with Gasteiger partial charge in [0.25, 0.3) is 0 Å². The second-order valence-corrected chi connectivity index (χ2v) is 7.65. The molecule has 0 aliphatic rings. The Morgan fingerprint density at radius 3 is 1.12 bits per heavy atom. The zero-order chi connectivity index (χ0) is 19.0. The Morgan fingerprint density at radius 2 is 0.840 bits per heavy atom. The van der Waals surface area contributed by atoms with Gasteiger partial charge in [-0.1, -0.05) is 117 Å². The fourth-order valence-electron chi connectivity index (χ4n) is 3.13. The Hall–Kier alpha value is -0.0800. The quantitative estimate of drug-likeness (QED) is 0.253. The molecule has 0 fully saturated rings. The van der Waals surface area contributed by atoms with E-state index in [4.69, 9.17) is 0 Å². The van der Waals surface area contributed by atoms with Crippen molar-refractivity contribution in [3.63, 3.8) is 0 Å². The monoisotopic (exact) mass is 357 g/mol. The Kier molecular flexibility index (Phi) is 28.4. The normalized spacial score (nSPS) is 11.9. The van der Waals surface area contributed by atoms with E-state index in [0.29, 0.717) is 0 Å². The van der Waals surface area contributed by atoms with Gasteiger partial charge in [0, 0.05) is 0 Å². The van der Waals surface area contributed by atoms with Gasteiger partial charge in [-0.3, -0.25) is 0 Å². The van der Waals surface area contributed by atoms with Crippen molar-refractivity contribution < 1.29 is 5.11 Å². The SMILES string of the molecule is CCCCCCCCCCCCCCCCCCC(O)CC.CNC. The van der Waals surface area contributed by atoms with Crippen molar-refractivity contribution in [3.8, 4) is 0 Å². The van der Waals surface area contributed by atoms with E-state index in [1.54, 1.807) is 0 Å². The minimum atomic E-state index is -0.0494. The summed E-state index contributed by atoms with van der Waals surface area (Å²) >= 11 is 0. The lowest BCUT2D eigenvalue weighted by atomic mass is 10.0. The van der Waals surface area contributed by atoms with Crippen molar-refractivity contribution in [2.24, 2.45) is 0 Å². The van der Waals surface area contributed by atoms with Crippen LogP contribution in [0.5, 0.6) is 0 Å². The molecule has 0 aromatic carbocycles. The maximum atomic E-state index is 9.47. The van der Waals surface area contributed by atoms with Crippen molar-refractivity contribution >= 4 is 0 Å². The van der Waals surface area contributed by atoms with E-state index in [0.717, 1.165) is 12.8 Å². The minimum absolute atomic E-state index is 0.0494. The van der Waals surface area contributed by atoms with Gasteiger partial charge in [-0.15, -0.1) is 0 Å². The fourth-order valence-corrected chi connectivity index (χ4v) is 3.13. The van der Waals surface area contributed by atoms with Crippen LogP contribution in [-0.4, -0.2) is 25.3 Å². The van der Waals surface area contributed by atoms with Crippen LogP contribution < -0.4 is 5.32 Å². The number of hydrogen-bond acceptors (Lipinski definition) is 2. The molecule has 0 aromatic heterocycles. The molecule has 0 amide bonds. The van der Waals surface area contributed by atoms with Gasteiger partial charge in [-0.25, -0.2) is 0 Å². The molecule has 0 heterocycles. The van der Waals surface area contributed by atoms with Crippen LogP contribution in [0, 0.1) is 0 Å². The average Bonchev–Trinajstić information content (AvgIpc) is 2.61. The first kappa shape index (κ1) is 27.1. The van der Waals surface area contributed by atoms with Gasteiger partial charge in [0.1, 0.15) is 0 Å². The van der Waals surface area contributed by atoms with Crippen LogP contribution in [0.15, 0.2) is 0 Å². The van der Waals surface area contributed by atoms with Crippen molar-refractivity contribution in [1.29, 1.82) is 0 Å². The summed E-state index contributed by atoms with van der Waals surface area (Å²) in [5.74, 6) is 0. The molecule has 0 saturated heterocycles. The van der Waals surface area contributed by atoms with Crippen molar-refractivity contribution in [2.75, 3.05) is 14.1 Å². The zero-order valence-corrected chi connectivity index (χ0v) is 18.3. The van der Waals surface area contributed by atoms with E-state index in [2.05, 4.69) is 19.2 Å². The molecule has 154 valence electrons. The average molecular weight is 358 g/mol. The van der Waals surface area contributed by atoms with E-state index >= 15 is 0 Å². The Labute approximate surface area is 160 Å². The highest BCUT2D eigenvalue weighted by Crippen LogP contribution is 2.14. The third-order valence-corrected chi connectivity index (χ3v) is 4.86. The number of unbranched alkanes of at least 4 members (excludes halogenated alkanes) is 15. The first-order chi connectivity index (χ1) is 12.2. The summed E-state index contributed by atoms with van der Waals surface area (Å²) in [5, 5.41) is 12.2. The first-order valence-corrected chi connectivity index (χ1v) is 11.5. The van der Waals surface area contributed by atoms with Gasteiger partial charge in [0.2, 0.25) is 0 Å².